The molecule has 1 aliphatic heterocycles. The lowest BCUT2D eigenvalue weighted by Crippen LogP contribution is -2.00. The number of hydrogen-bond acceptors (Lipinski definition) is 4. The normalized spacial score (nSPS) is 23.6. The van der Waals surface area contributed by atoms with Gasteiger partial charge in [-0.25, -0.2) is 9.78 Å². The molecular formula is C13H13NO4. The topological polar surface area (TPSA) is 72.6 Å². The lowest BCUT2D eigenvalue weighted by Gasteiger charge is -2.05. The van der Waals surface area contributed by atoms with E-state index in [0.717, 1.165) is 12.8 Å². The largest absolute Gasteiger partial charge is 0.478 e. The van der Waals surface area contributed by atoms with E-state index in [4.69, 9.17) is 14.3 Å². The Kier molecular flexibility index (Phi) is 2.56. The number of carbonyl (C=O) groups is 1. The first-order chi connectivity index (χ1) is 8.65. The van der Waals surface area contributed by atoms with Crippen LogP contribution in [-0.2, 0) is 4.74 Å². The molecule has 94 valence electrons. The molecule has 1 fully saturated rings. The van der Waals surface area contributed by atoms with E-state index in [2.05, 4.69) is 4.98 Å². The number of ether oxygens (including phenoxy) is 1. The number of fused-ring (bicyclic) bond motifs is 1. The average molecular weight is 247 g/mol. The van der Waals surface area contributed by atoms with Crippen LogP contribution in [0.5, 0.6) is 0 Å². The van der Waals surface area contributed by atoms with Crippen LogP contribution in [0.4, 0.5) is 0 Å². The molecule has 18 heavy (non-hydrogen) atoms. The molecular weight excluding hydrogens is 234 g/mol. The number of rotatable bonds is 2. The van der Waals surface area contributed by atoms with Crippen molar-refractivity contribution in [1.82, 2.24) is 4.98 Å². The molecule has 1 N–H and O–H groups in total. The Morgan fingerprint density at radius 3 is 2.94 bits per heavy atom. The lowest BCUT2D eigenvalue weighted by molar-refractivity contribution is 0.0400. The maximum atomic E-state index is 11.1. The first kappa shape index (κ1) is 11.2. The number of oxazole rings is 1. The summed E-state index contributed by atoms with van der Waals surface area (Å²) in [6.45, 7) is 2.01. The van der Waals surface area contributed by atoms with Crippen LogP contribution in [0.2, 0.25) is 0 Å². The zero-order chi connectivity index (χ0) is 12.7. The predicted molar refractivity (Wildman–Crippen MR) is 63.5 cm³/mol. The van der Waals surface area contributed by atoms with Gasteiger partial charge in [-0.1, -0.05) is 6.07 Å². The smallest absolute Gasteiger partial charge is 0.339 e. The van der Waals surface area contributed by atoms with Crippen LogP contribution in [0.3, 0.4) is 0 Å². The van der Waals surface area contributed by atoms with Gasteiger partial charge >= 0.3 is 5.97 Å². The third-order valence-corrected chi connectivity index (χ3v) is 3.17. The second kappa shape index (κ2) is 4.10. The van der Waals surface area contributed by atoms with E-state index in [9.17, 15) is 4.79 Å². The molecule has 1 aromatic carbocycles. The first-order valence-electron chi connectivity index (χ1n) is 5.93. The number of aromatic carboxylic acids is 1. The third-order valence-electron chi connectivity index (χ3n) is 3.17. The number of carboxylic acid groups (broad SMARTS) is 1. The summed E-state index contributed by atoms with van der Waals surface area (Å²) in [5.74, 6) is -0.535. The quantitative estimate of drug-likeness (QED) is 0.883. The van der Waals surface area contributed by atoms with Gasteiger partial charge in [0.1, 0.15) is 17.2 Å². The van der Waals surface area contributed by atoms with Gasteiger partial charge in [-0.3, -0.25) is 0 Å². The van der Waals surface area contributed by atoms with Gasteiger partial charge in [0.2, 0.25) is 5.89 Å². The van der Waals surface area contributed by atoms with Gasteiger partial charge < -0.3 is 14.3 Å². The molecule has 1 aromatic heterocycles. The van der Waals surface area contributed by atoms with E-state index in [-0.39, 0.29) is 17.8 Å². The van der Waals surface area contributed by atoms with Crippen molar-refractivity contribution in [2.75, 3.05) is 0 Å². The van der Waals surface area contributed by atoms with Crippen LogP contribution in [-0.4, -0.2) is 22.2 Å². The summed E-state index contributed by atoms with van der Waals surface area (Å²) in [6, 6.07) is 4.92. The minimum absolute atomic E-state index is 0.136. The molecule has 3 rings (SSSR count). The standard InChI is InChI=1S/C13H13NO4/c1-7-5-6-10(17-7)12-14-9-4-2-3-8(13(15)16)11(9)18-12/h2-4,7,10H,5-6H2,1H3,(H,15,16). The van der Waals surface area contributed by atoms with E-state index in [1.807, 2.05) is 6.92 Å². The summed E-state index contributed by atoms with van der Waals surface area (Å²) in [4.78, 5) is 15.4. The second-order valence-electron chi connectivity index (χ2n) is 4.52. The maximum Gasteiger partial charge on any atom is 0.339 e. The van der Waals surface area contributed by atoms with Gasteiger partial charge in [-0.15, -0.1) is 0 Å². The summed E-state index contributed by atoms with van der Waals surface area (Å²) in [7, 11) is 0. The molecule has 2 atom stereocenters. The molecule has 2 unspecified atom stereocenters. The summed E-state index contributed by atoms with van der Waals surface area (Å²) in [5.41, 5.74) is 1.02. The minimum atomic E-state index is -1.01. The van der Waals surface area contributed by atoms with Crippen LogP contribution < -0.4 is 0 Å². The van der Waals surface area contributed by atoms with Crippen LogP contribution in [0.15, 0.2) is 22.6 Å². The monoisotopic (exact) mass is 247 g/mol. The average Bonchev–Trinajstić information content (AvgIpc) is 2.93. The zero-order valence-electron chi connectivity index (χ0n) is 9.92. The Morgan fingerprint density at radius 2 is 2.28 bits per heavy atom. The molecule has 0 amide bonds. The third kappa shape index (κ3) is 1.76. The number of carboxylic acids is 1. The van der Waals surface area contributed by atoms with Crippen molar-refractivity contribution in [2.45, 2.75) is 32.0 Å². The van der Waals surface area contributed by atoms with Crippen molar-refractivity contribution in [2.24, 2.45) is 0 Å². The molecule has 2 aromatic rings. The molecule has 0 saturated carbocycles. The van der Waals surface area contributed by atoms with Crippen molar-refractivity contribution in [3.8, 4) is 0 Å². The van der Waals surface area contributed by atoms with Crippen LogP contribution >= 0.6 is 0 Å². The van der Waals surface area contributed by atoms with E-state index in [1.54, 1.807) is 12.1 Å². The fraction of sp³-hybridized carbons (Fsp3) is 0.385. The van der Waals surface area contributed by atoms with Crippen LogP contribution in [0, 0.1) is 0 Å². The first-order valence-corrected chi connectivity index (χ1v) is 5.93. The summed E-state index contributed by atoms with van der Waals surface area (Å²) in [6.07, 6.45) is 1.86. The summed E-state index contributed by atoms with van der Waals surface area (Å²) in [5, 5.41) is 9.08. The number of aromatic nitrogens is 1. The van der Waals surface area contributed by atoms with Gasteiger partial charge in [-0.2, -0.15) is 0 Å². The SMILES string of the molecule is CC1CCC(c2nc3cccc(C(=O)O)c3o2)O1. The van der Waals surface area contributed by atoms with Gasteiger partial charge in [-0.05, 0) is 31.9 Å². The zero-order valence-corrected chi connectivity index (χ0v) is 9.92. The van der Waals surface area contributed by atoms with E-state index >= 15 is 0 Å². The van der Waals surface area contributed by atoms with E-state index in [1.165, 1.54) is 6.07 Å². The molecule has 5 heteroatoms. The summed E-state index contributed by atoms with van der Waals surface area (Å²) >= 11 is 0. The van der Waals surface area contributed by atoms with Crippen molar-refractivity contribution in [3.63, 3.8) is 0 Å². The highest BCUT2D eigenvalue weighted by Crippen LogP contribution is 2.34. The van der Waals surface area contributed by atoms with Gasteiger partial charge in [0.25, 0.3) is 0 Å². The molecule has 0 aliphatic carbocycles. The molecule has 5 nitrogen and oxygen atoms in total. The number of benzene rings is 1. The Labute approximate surface area is 103 Å². The number of para-hydroxylation sites is 1. The molecule has 0 radical (unpaired) electrons. The fourth-order valence-corrected chi connectivity index (χ4v) is 2.26. The van der Waals surface area contributed by atoms with Gasteiger partial charge in [0, 0.05) is 0 Å². The number of nitrogens with zero attached hydrogens (tertiary/aromatic N) is 1. The molecule has 1 aliphatic rings. The number of hydrogen-bond donors (Lipinski definition) is 1. The van der Waals surface area contributed by atoms with Crippen molar-refractivity contribution >= 4 is 17.1 Å². The van der Waals surface area contributed by atoms with E-state index in [0.29, 0.717) is 17.0 Å². The van der Waals surface area contributed by atoms with Crippen molar-refractivity contribution in [3.05, 3.63) is 29.7 Å². The highest BCUT2D eigenvalue weighted by atomic mass is 16.5. The van der Waals surface area contributed by atoms with Crippen LogP contribution in [0.25, 0.3) is 11.1 Å². The molecule has 2 heterocycles. The summed E-state index contributed by atoms with van der Waals surface area (Å²) < 4.78 is 11.2. The Morgan fingerprint density at radius 1 is 1.44 bits per heavy atom. The van der Waals surface area contributed by atoms with E-state index < -0.39 is 5.97 Å². The molecule has 0 bridgehead atoms. The highest BCUT2D eigenvalue weighted by Gasteiger charge is 2.28. The highest BCUT2D eigenvalue weighted by molar-refractivity contribution is 5.99. The molecule has 0 spiro atoms. The van der Waals surface area contributed by atoms with Gasteiger partial charge in [0.15, 0.2) is 5.58 Å². The van der Waals surface area contributed by atoms with Crippen LogP contribution in [0.1, 0.15) is 42.1 Å². The molecule has 1 saturated heterocycles. The van der Waals surface area contributed by atoms with Crippen molar-refractivity contribution < 1.29 is 19.1 Å². The fourth-order valence-electron chi connectivity index (χ4n) is 2.26. The second-order valence-corrected chi connectivity index (χ2v) is 4.52. The minimum Gasteiger partial charge on any atom is -0.478 e. The Balaban J connectivity index is 2.05. The maximum absolute atomic E-state index is 11.1. The Bertz CT molecular complexity index is 604. The van der Waals surface area contributed by atoms with Crippen molar-refractivity contribution in [1.29, 1.82) is 0 Å². The predicted octanol–water partition coefficient (Wildman–Crippen LogP) is 2.77. The Hall–Kier alpha value is -1.88. The lowest BCUT2D eigenvalue weighted by atomic mass is 10.2. The van der Waals surface area contributed by atoms with Gasteiger partial charge in [0.05, 0.1) is 6.10 Å².